The van der Waals surface area contributed by atoms with Crippen LogP contribution in [0.3, 0.4) is 0 Å². The summed E-state index contributed by atoms with van der Waals surface area (Å²) in [5.41, 5.74) is 0.867. The van der Waals surface area contributed by atoms with E-state index in [1.807, 2.05) is 0 Å². The van der Waals surface area contributed by atoms with Crippen LogP contribution in [0, 0.1) is 5.82 Å². The average molecular weight is 517 g/mol. The SMILES string of the molecule is O=C(/C=C(\O)c1nc[n]([Tl])n1)c1ccc(Cc2ccc(F)cc2)o1. The van der Waals surface area contributed by atoms with E-state index in [4.69, 9.17) is 4.42 Å². The van der Waals surface area contributed by atoms with Gasteiger partial charge in [0.05, 0.1) is 0 Å². The van der Waals surface area contributed by atoms with Crippen molar-refractivity contribution in [1.29, 1.82) is 0 Å². The fourth-order valence-corrected chi connectivity index (χ4v) is 2.75. The Morgan fingerprint density at radius 3 is 2.71 bits per heavy atom. The van der Waals surface area contributed by atoms with Gasteiger partial charge in [-0.05, 0) is 12.1 Å². The molecule has 0 aliphatic rings. The number of rotatable bonds is 5. The van der Waals surface area contributed by atoms with Gasteiger partial charge in [-0.2, -0.15) is 0 Å². The van der Waals surface area contributed by atoms with Gasteiger partial charge in [-0.25, -0.2) is 4.39 Å². The third kappa shape index (κ3) is 3.96. The quantitative estimate of drug-likeness (QED) is 0.244. The van der Waals surface area contributed by atoms with Crippen molar-refractivity contribution < 1.29 is 18.7 Å². The van der Waals surface area contributed by atoms with Gasteiger partial charge in [0.25, 0.3) is 0 Å². The summed E-state index contributed by atoms with van der Waals surface area (Å²) in [6.45, 7) is 0. The van der Waals surface area contributed by atoms with Gasteiger partial charge in [-0.1, -0.05) is 0 Å². The van der Waals surface area contributed by atoms with Crippen molar-refractivity contribution in [3.63, 3.8) is 0 Å². The van der Waals surface area contributed by atoms with Crippen LogP contribution in [0.25, 0.3) is 5.76 Å². The first kappa shape index (κ1) is 16.6. The van der Waals surface area contributed by atoms with E-state index in [0.717, 1.165) is 11.6 Å². The van der Waals surface area contributed by atoms with Crippen molar-refractivity contribution in [3.8, 4) is 0 Å². The number of allylic oxidation sites excluding steroid dienone is 1. The van der Waals surface area contributed by atoms with Gasteiger partial charge in [-0.3, -0.25) is 0 Å². The molecular weight excluding hydrogens is 506 g/mol. The number of hydrogen-bond acceptors (Lipinski definition) is 5. The van der Waals surface area contributed by atoms with Crippen LogP contribution in [0.15, 0.2) is 53.2 Å². The van der Waals surface area contributed by atoms with Crippen LogP contribution in [-0.2, 0) is 6.42 Å². The van der Waals surface area contributed by atoms with Crippen LogP contribution in [0.4, 0.5) is 4.39 Å². The van der Waals surface area contributed by atoms with Crippen molar-refractivity contribution in [1.82, 2.24) is 12.6 Å². The Morgan fingerprint density at radius 1 is 1.29 bits per heavy atom. The molecule has 3 aromatic rings. The molecule has 0 aliphatic heterocycles. The molecule has 0 amide bonds. The van der Waals surface area contributed by atoms with E-state index in [0.29, 0.717) is 38.2 Å². The predicted octanol–water partition coefficient (Wildman–Crippen LogP) is 2.31. The summed E-state index contributed by atoms with van der Waals surface area (Å²) in [7, 11) is 0. The van der Waals surface area contributed by atoms with Gasteiger partial charge in [0.1, 0.15) is 5.82 Å². The summed E-state index contributed by atoms with van der Waals surface area (Å²) in [6, 6.07) is 9.25. The molecule has 2 heterocycles. The van der Waals surface area contributed by atoms with E-state index >= 15 is 0 Å². The van der Waals surface area contributed by atoms with E-state index in [2.05, 4.69) is 10.1 Å². The van der Waals surface area contributed by atoms with Crippen molar-refractivity contribution in [2.45, 2.75) is 6.42 Å². The van der Waals surface area contributed by atoms with E-state index in [1.54, 1.807) is 20.7 Å². The maximum absolute atomic E-state index is 12.9. The van der Waals surface area contributed by atoms with Crippen LogP contribution in [0.2, 0.25) is 0 Å². The Morgan fingerprint density at radius 2 is 2.04 bits per heavy atom. The molecule has 0 spiro atoms. The van der Waals surface area contributed by atoms with Gasteiger partial charge >= 0.3 is 130 Å². The molecule has 3 rings (SSSR count). The second-order valence-corrected chi connectivity index (χ2v) is 7.07. The predicted molar refractivity (Wildman–Crippen MR) is 84.0 cm³/mol. The fourth-order valence-electron chi connectivity index (χ4n) is 2.06. The summed E-state index contributed by atoms with van der Waals surface area (Å²) in [5, 5.41) is 13.9. The Labute approximate surface area is 152 Å². The van der Waals surface area contributed by atoms with Gasteiger partial charge < -0.3 is 0 Å². The fraction of sp³-hybridized carbons (Fsp3) is 0.0625. The number of benzene rings is 1. The first-order chi connectivity index (χ1) is 11.5. The number of nitrogens with zero attached hydrogens (tertiary/aromatic N) is 3. The monoisotopic (exact) mass is 517 g/mol. The van der Waals surface area contributed by atoms with E-state index < -0.39 is 5.78 Å². The van der Waals surface area contributed by atoms with Gasteiger partial charge in [-0.15, -0.1) is 0 Å². The van der Waals surface area contributed by atoms with Crippen LogP contribution >= 0.6 is 0 Å². The summed E-state index contributed by atoms with van der Waals surface area (Å²) in [4.78, 5) is 16.0. The molecule has 0 aliphatic carbocycles. The third-order valence-electron chi connectivity index (χ3n) is 3.20. The number of carbonyl (C=O) groups excluding carboxylic acids is 1. The summed E-state index contributed by atoms with van der Waals surface area (Å²) in [5.74, 6) is -0.322. The van der Waals surface area contributed by atoms with Gasteiger partial charge in [0.15, 0.2) is 0 Å². The number of hydrogen-bond donors (Lipinski definition) is 1. The molecule has 1 N–H and O–H groups in total. The number of halogens is 1. The molecule has 118 valence electrons. The Bertz CT molecular complexity index is 899. The number of aliphatic hydroxyl groups excluding tert-OH is 1. The first-order valence-electron chi connectivity index (χ1n) is 6.96. The Balaban J connectivity index is 1.72. The third-order valence-corrected chi connectivity index (χ3v) is 4.17. The van der Waals surface area contributed by atoms with Gasteiger partial charge in [0, 0.05) is 0 Å². The van der Waals surface area contributed by atoms with Crippen LogP contribution in [0.5, 0.6) is 0 Å². The van der Waals surface area contributed by atoms with Crippen LogP contribution in [-0.4, -0.2) is 49.5 Å². The Hall–Kier alpha value is -2.30. The van der Waals surface area contributed by atoms with Crippen LogP contribution < -0.4 is 0 Å². The standard InChI is InChI=1S/C16H12FN3O3.Tl/c17-11-3-1-10(2-4-11)7-12-5-6-15(23-12)13(21)8-14(22)16-18-9-19-20-16;/h1-6,8-9H,7H2,(H2,18,19,20,21,22);/q;+1/p-1. The van der Waals surface area contributed by atoms with Crippen LogP contribution in [0.1, 0.15) is 27.7 Å². The number of aromatic nitrogens is 3. The van der Waals surface area contributed by atoms with Crippen molar-refractivity contribution in [2.24, 2.45) is 0 Å². The van der Waals surface area contributed by atoms with E-state index in [9.17, 15) is 14.3 Å². The zero-order chi connectivity index (χ0) is 17.1. The molecule has 0 radical (unpaired) electrons. The van der Waals surface area contributed by atoms with Crippen molar-refractivity contribution >= 4 is 37.6 Å². The molecule has 24 heavy (non-hydrogen) atoms. The molecule has 0 fully saturated rings. The minimum absolute atomic E-state index is 0.101. The first-order valence-corrected chi connectivity index (χ1v) is 8.97. The van der Waals surface area contributed by atoms with E-state index in [-0.39, 0.29) is 23.2 Å². The van der Waals surface area contributed by atoms with Gasteiger partial charge in [0.2, 0.25) is 0 Å². The number of carbonyl (C=O) groups is 1. The second kappa shape index (κ2) is 7.07. The summed E-state index contributed by atoms with van der Waals surface area (Å²) < 4.78 is 20.0. The van der Waals surface area contributed by atoms with E-state index in [1.165, 1.54) is 24.5 Å². The van der Waals surface area contributed by atoms with Crippen molar-refractivity contribution in [2.75, 3.05) is 0 Å². The number of furan rings is 1. The molecule has 2 aromatic heterocycles. The molecule has 6 nitrogen and oxygen atoms in total. The molecule has 1 aromatic carbocycles. The topological polar surface area (TPSA) is 81.1 Å². The normalized spacial score (nSPS) is 11.6. The average Bonchev–Trinajstić information content (AvgIpc) is 3.19. The minimum atomic E-state index is -0.481. The zero-order valence-electron chi connectivity index (χ0n) is 12.4. The molecule has 0 atom stereocenters. The molecule has 0 saturated carbocycles. The maximum atomic E-state index is 12.9. The molecule has 8 heteroatoms. The number of aliphatic hydroxyl groups is 1. The summed E-state index contributed by atoms with van der Waals surface area (Å²) in [6.07, 6.45) is 2.96. The molecule has 0 unspecified atom stereocenters. The molecule has 0 bridgehead atoms. The second-order valence-electron chi connectivity index (χ2n) is 5.01. The number of ketones is 1. The molecule has 0 saturated heterocycles. The summed E-state index contributed by atoms with van der Waals surface area (Å²) >= 11 is 0.429. The molecular formula is C16H11FN3O3Tl. The van der Waals surface area contributed by atoms with Crippen molar-refractivity contribution in [3.05, 3.63) is 77.5 Å². The Kier molecular flexibility index (Phi) is 4.88. The zero-order valence-corrected chi connectivity index (χ0v) is 16.9.